The molecule has 11 aromatic carbocycles. The summed E-state index contributed by atoms with van der Waals surface area (Å²) in [7, 11) is 0. The highest BCUT2D eigenvalue weighted by Gasteiger charge is 2.24. The van der Waals surface area contributed by atoms with E-state index in [1.807, 2.05) is 0 Å². The summed E-state index contributed by atoms with van der Waals surface area (Å²) in [5.41, 5.74) is 14.7. The number of rotatable bonds is 13. The van der Waals surface area contributed by atoms with Gasteiger partial charge in [-0.2, -0.15) is 0 Å². The molecule has 0 aromatic heterocycles. The third kappa shape index (κ3) is 8.78. The number of anilines is 10. The van der Waals surface area contributed by atoms with E-state index < -0.39 is 0 Å². The SMILES string of the molecule is C1=CC(N(c2ccccc2)c2ccc(-c3ccc(N(c4ccccc4)c4ccc(N(c5ccccc5)c5cccc6ccccc56)cc4)cc3)cc2)CC=C1N(c1ccccc1)c1cccc2ccccc12. The third-order valence-electron chi connectivity index (χ3n) is 13.7. The summed E-state index contributed by atoms with van der Waals surface area (Å²) >= 11 is 0. The number of benzene rings is 11. The molecular weight excluding hydrogens is 873 g/mol. The van der Waals surface area contributed by atoms with Gasteiger partial charge in [-0.15, -0.1) is 0 Å². The van der Waals surface area contributed by atoms with E-state index in [-0.39, 0.29) is 6.04 Å². The van der Waals surface area contributed by atoms with Gasteiger partial charge < -0.3 is 19.6 Å². The van der Waals surface area contributed by atoms with Crippen LogP contribution in [0.15, 0.2) is 303 Å². The maximum atomic E-state index is 2.46. The molecule has 1 aliphatic carbocycles. The Morgan fingerprint density at radius 3 is 1.11 bits per heavy atom. The zero-order valence-corrected chi connectivity index (χ0v) is 39.9. The standard InChI is InChI=1S/C68H52N4/c1-5-23-55(24-6-1)69(61-43-47-63(48-44-61)71(57-27-9-3-10-28-57)67-33-17-21-53-19-13-15-31-65(53)67)59-39-35-51(36-40-59)52-37-41-60(42-38-52)70(56-25-7-2-8-26-56)62-45-49-64(50-46-62)72(58-29-11-4-12-30-58)68-34-18-22-54-20-14-16-32-66(54)68/h1-45,47-50,62H,46H2. The fourth-order valence-corrected chi connectivity index (χ4v) is 10.3. The Bertz CT molecular complexity index is 3640. The van der Waals surface area contributed by atoms with Crippen LogP contribution in [0.4, 0.5) is 56.9 Å². The third-order valence-corrected chi connectivity index (χ3v) is 13.7. The topological polar surface area (TPSA) is 13.0 Å². The zero-order valence-electron chi connectivity index (χ0n) is 39.9. The molecule has 4 heteroatoms. The first-order valence-corrected chi connectivity index (χ1v) is 24.8. The first-order chi connectivity index (χ1) is 35.7. The normalized spacial score (nSPS) is 13.1. The van der Waals surface area contributed by atoms with E-state index in [2.05, 4.69) is 317 Å². The molecule has 0 heterocycles. The summed E-state index contributed by atoms with van der Waals surface area (Å²) in [5, 5.41) is 4.87. The van der Waals surface area contributed by atoms with E-state index >= 15 is 0 Å². The predicted molar refractivity (Wildman–Crippen MR) is 305 cm³/mol. The van der Waals surface area contributed by atoms with Crippen molar-refractivity contribution in [2.24, 2.45) is 0 Å². The second kappa shape index (κ2) is 19.9. The number of hydrogen-bond donors (Lipinski definition) is 0. The Balaban J connectivity index is 0.824. The largest absolute Gasteiger partial charge is 0.334 e. The van der Waals surface area contributed by atoms with E-state index in [9.17, 15) is 0 Å². The van der Waals surface area contributed by atoms with Crippen LogP contribution in [-0.2, 0) is 0 Å². The van der Waals surface area contributed by atoms with Crippen LogP contribution in [0.25, 0.3) is 32.7 Å². The lowest BCUT2D eigenvalue weighted by Gasteiger charge is -2.35. The van der Waals surface area contributed by atoms with Gasteiger partial charge in [0.15, 0.2) is 0 Å². The average Bonchev–Trinajstić information content (AvgIpc) is 3.46. The van der Waals surface area contributed by atoms with Gasteiger partial charge in [-0.3, -0.25) is 0 Å². The van der Waals surface area contributed by atoms with Gasteiger partial charge in [0.2, 0.25) is 0 Å². The molecule has 1 atom stereocenters. The molecule has 12 rings (SSSR count). The van der Waals surface area contributed by atoms with Gasteiger partial charge in [0.05, 0.1) is 17.4 Å². The van der Waals surface area contributed by atoms with E-state index in [0.29, 0.717) is 0 Å². The molecule has 4 nitrogen and oxygen atoms in total. The van der Waals surface area contributed by atoms with Crippen LogP contribution in [0.1, 0.15) is 6.42 Å². The molecule has 11 aromatic rings. The first kappa shape index (κ1) is 43.9. The molecule has 0 fully saturated rings. The smallest absolute Gasteiger partial charge is 0.0561 e. The predicted octanol–water partition coefficient (Wildman–Crippen LogP) is 18.8. The lowest BCUT2D eigenvalue weighted by molar-refractivity contribution is 0.777. The molecule has 0 amide bonds. The molecule has 0 radical (unpaired) electrons. The molecular formula is C68H52N4. The lowest BCUT2D eigenvalue weighted by Crippen LogP contribution is -2.31. The highest BCUT2D eigenvalue weighted by atomic mass is 15.2. The molecule has 0 saturated heterocycles. The Hall–Kier alpha value is -9.38. The molecule has 0 bridgehead atoms. The van der Waals surface area contributed by atoms with Crippen LogP contribution in [0.3, 0.4) is 0 Å². The fourth-order valence-electron chi connectivity index (χ4n) is 10.3. The van der Waals surface area contributed by atoms with Crippen LogP contribution < -0.4 is 19.6 Å². The summed E-state index contributed by atoms with van der Waals surface area (Å²) in [6.45, 7) is 0. The molecule has 344 valence electrons. The van der Waals surface area contributed by atoms with Gasteiger partial charge in [-0.05, 0) is 144 Å². The van der Waals surface area contributed by atoms with Gasteiger partial charge >= 0.3 is 0 Å². The van der Waals surface area contributed by atoms with Gasteiger partial charge in [0.25, 0.3) is 0 Å². The number of allylic oxidation sites excluding steroid dienone is 1. The summed E-state index contributed by atoms with van der Waals surface area (Å²) in [6.07, 6.45) is 7.90. The fraction of sp³-hybridized carbons (Fsp3) is 0.0294. The van der Waals surface area contributed by atoms with E-state index in [0.717, 1.165) is 68.9 Å². The Kier molecular flexibility index (Phi) is 12.1. The second-order valence-electron chi connectivity index (χ2n) is 18.1. The van der Waals surface area contributed by atoms with Gasteiger partial charge in [0.1, 0.15) is 0 Å². The van der Waals surface area contributed by atoms with Crippen molar-refractivity contribution in [3.05, 3.63) is 303 Å². The van der Waals surface area contributed by atoms with Crippen molar-refractivity contribution in [1.29, 1.82) is 0 Å². The number of hydrogen-bond acceptors (Lipinski definition) is 4. The highest BCUT2D eigenvalue weighted by molar-refractivity contribution is 6.00. The summed E-state index contributed by atoms with van der Waals surface area (Å²) in [4.78, 5) is 9.54. The van der Waals surface area contributed by atoms with Crippen molar-refractivity contribution in [1.82, 2.24) is 0 Å². The monoisotopic (exact) mass is 924 g/mol. The van der Waals surface area contributed by atoms with Crippen molar-refractivity contribution < 1.29 is 0 Å². The van der Waals surface area contributed by atoms with Gasteiger partial charge in [-0.1, -0.05) is 182 Å². The van der Waals surface area contributed by atoms with E-state index in [1.165, 1.54) is 32.8 Å². The minimum atomic E-state index is 0.115. The van der Waals surface area contributed by atoms with Crippen LogP contribution in [-0.4, -0.2) is 6.04 Å². The van der Waals surface area contributed by atoms with Crippen molar-refractivity contribution >= 4 is 78.4 Å². The molecule has 0 aliphatic heterocycles. The maximum Gasteiger partial charge on any atom is 0.0561 e. The summed E-state index contributed by atoms with van der Waals surface area (Å²) in [6, 6.07) is 100. The van der Waals surface area contributed by atoms with Gasteiger partial charge in [0, 0.05) is 62.0 Å². The molecule has 0 spiro atoms. The van der Waals surface area contributed by atoms with Crippen LogP contribution in [0.2, 0.25) is 0 Å². The number of nitrogens with zero attached hydrogens (tertiary/aromatic N) is 4. The number of para-hydroxylation sites is 4. The molecule has 0 saturated carbocycles. The van der Waals surface area contributed by atoms with Crippen molar-refractivity contribution in [3.63, 3.8) is 0 Å². The first-order valence-electron chi connectivity index (χ1n) is 24.8. The molecule has 0 N–H and O–H groups in total. The van der Waals surface area contributed by atoms with E-state index in [4.69, 9.17) is 0 Å². The molecule has 72 heavy (non-hydrogen) atoms. The summed E-state index contributed by atoms with van der Waals surface area (Å²) < 4.78 is 0. The van der Waals surface area contributed by atoms with Crippen LogP contribution >= 0.6 is 0 Å². The van der Waals surface area contributed by atoms with Crippen LogP contribution in [0, 0.1) is 0 Å². The Labute approximate surface area is 422 Å². The lowest BCUT2D eigenvalue weighted by atomic mass is 9.99. The summed E-state index contributed by atoms with van der Waals surface area (Å²) in [5.74, 6) is 0. The molecule has 1 aliphatic rings. The Morgan fingerprint density at radius 2 is 0.625 bits per heavy atom. The average molecular weight is 925 g/mol. The zero-order chi connectivity index (χ0) is 48.1. The Morgan fingerprint density at radius 1 is 0.278 bits per heavy atom. The second-order valence-corrected chi connectivity index (χ2v) is 18.1. The minimum Gasteiger partial charge on any atom is -0.334 e. The number of fused-ring (bicyclic) bond motifs is 2. The molecule has 1 unspecified atom stereocenters. The minimum absolute atomic E-state index is 0.115. The maximum absolute atomic E-state index is 2.46. The van der Waals surface area contributed by atoms with Crippen molar-refractivity contribution in [2.75, 3.05) is 19.6 Å². The van der Waals surface area contributed by atoms with Crippen LogP contribution in [0.5, 0.6) is 0 Å². The van der Waals surface area contributed by atoms with Crippen molar-refractivity contribution in [3.8, 4) is 11.1 Å². The van der Waals surface area contributed by atoms with Crippen molar-refractivity contribution in [2.45, 2.75) is 12.5 Å². The quantitative estimate of drug-likeness (QED) is 0.114. The highest BCUT2D eigenvalue weighted by Crippen LogP contribution is 2.43. The van der Waals surface area contributed by atoms with E-state index in [1.54, 1.807) is 0 Å². The van der Waals surface area contributed by atoms with Gasteiger partial charge in [-0.25, -0.2) is 0 Å².